The van der Waals surface area contributed by atoms with Crippen LogP contribution < -0.4 is 5.73 Å². The van der Waals surface area contributed by atoms with Crippen molar-refractivity contribution in [3.05, 3.63) is 33.8 Å². The molecule has 0 saturated carbocycles. The lowest BCUT2D eigenvalue weighted by Gasteiger charge is -2.23. The molecule has 0 aliphatic heterocycles. The zero-order valence-corrected chi connectivity index (χ0v) is 9.81. The SMILES string of the molecule is CN(C)[C@@H](CN)c1cc(Cl)cc(Cl)c1. The Hall–Kier alpha value is -0.280. The van der Waals surface area contributed by atoms with Gasteiger partial charge in [0.25, 0.3) is 0 Å². The molecule has 4 heteroatoms. The van der Waals surface area contributed by atoms with Gasteiger partial charge in [-0.2, -0.15) is 0 Å². The molecule has 0 amide bonds. The second-order valence-electron chi connectivity index (χ2n) is 3.42. The van der Waals surface area contributed by atoms with Gasteiger partial charge in [-0.15, -0.1) is 0 Å². The first kappa shape index (κ1) is 11.8. The van der Waals surface area contributed by atoms with Gasteiger partial charge in [-0.25, -0.2) is 0 Å². The highest BCUT2D eigenvalue weighted by atomic mass is 35.5. The number of likely N-dealkylation sites (N-methyl/N-ethyl adjacent to an activating group) is 1. The van der Waals surface area contributed by atoms with Crippen LogP contribution in [0, 0.1) is 0 Å². The maximum Gasteiger partial charge on any atom is 0.0465 e. The van der Waals surface area contributed by atoms with Gasteiger partial charge in [0.15, 0.2) is 0 Å². The van der Waals surface area contributed by atoms with Crippen LogP contribution in [-0.2, 0) is 0 Å². The first-order valence-corrected chi connectivity index (χ1v) is 5.12. The molecule has 0 saturated heterocycles. The van der Waals surface area contributed by atoms with Gasteiger partial charge >= 0.3 is 0 Å². The number of nitrogens with zero attached hydrogens (tertiary/aromatic N) is 1. The van der Waals surface area contributed by atoms with E-state index in [2.05, 4.69) is 0 Å². The number of benzene rings is 1. The van der Waals surface area contributed by atoms with Gasteiger partial charge in [-0.1, -0.05) is 23.2 Å². The predicted molar refractivity (Wildman–Crippen MR) is 61.9 cm³/mol. The predicted octanol–water partition coefficient (Wildman–Crippen LogP) is 2.55. The van der Waals surface area contributed by atoms with E-state index >= 15 is 0 Å². The Morgan fingerprint density at radius 2 is 1.71 bits per heavy atom. The van der Waals surface area contributed by atoms with Gasteiger partial charge < -0.3 is 10.6 Å². The fraction of sp³-hybridized carbons (Fsp3) is 0.400. The van der Waals surface area contributed by atoms with E-state index in [-0.39, 0.29) is 6.04 Å². The molecule has 0 fully saturated rings. The van der Waals surface area contributed by atoms with Crippen molar-refractivity contribution in [1.29, 1.82) is 0 Å². The second-order valence-corrected chi connectivity index (χ2v) is 4.29. The Labute approximate surface area is 94.6 Å². The third kappa shape index (κ3) is 2.85. The molecule has 2 N–H and O–H groups in total. The van der Waals surface area contributed by atoms with Gasteiger partial charge in [-0.3, -0.25) is 0 Å². The van der Waals surface area contributed by atoms with Gasteiger partial charge in [0, 0.05) is 22.6 Å². The molecule has 0 heterocycles. The third-order valence-corrected chi connectivity index (χ3v) is 2.55. The lowest BCUT2D eigenvalue weighted by atomic mass is 10.1. The topological polar surface area (TPSA) is 29.3 Å². The Kier molecular flexibility index (Phi) is 4.20. The van der Waals surface area contributed by atoms with E-state index in [9.17, 15) is 0 Å². The normalized spacial score (nSPS) is 13.3. The summed E-state index contributed by atoms with van der Waals surface area (Å²) >= 11 is 11.8. The van der Waals surface area contributed by atoms with E-state index < -0.39 is 0 Å². The monoisotopic (exact) mass is 232 g/mol. The van der Waals surface area contributed by atoms with Gasteiger partial charge in [0.2, 0.25) is 0 Å². The van der Waals surface area contributed by atoms with Crippen molar-refractivity contribution in [2.75, 3.05) is 20.6 Å². The Bertz CT molecular complexity index is 293. The van der Waals surface area contributed by atoms with E-state index in [1.54, 1.807) is 6.07 Å². The average Bonchev–Trinajstić information content (AvgIpc) is 2.02. The second kappa shape index (κ2) is 4.99. The first-order valence-electron chi connectivity index (χ1n) is 4.37. The molecular weight excluding hydrogens is 219 g/mol. The highest BCUT2D eigenvalue weighted by Gasteiger charge is 2.12. The summed E-state index contributed by atoms with van der Waals surface area (Å²) in [7, 11) is 3.96. The maximum absolute atomic E-state index is 5.91. The van der Waals surface area contributed by atoms with Gasteiger partial charge in [0.1, 0.15) is 0 Å². The molecule has 0 spiro atoms. The van der Waals surface area contributed by atoms with Crippen molar-refractivity contribution < 1.29 is 0 Å². The van der Waals surface area contributed by atoms with Crippen LogP contribution in [0.1, 0.15) is 11.6 Å². The smallest absolute Gasteiger partial charge is 0.0465 e. The average molecular weight is 233 g/mol. The van der Waals surface area contributed by atoms with Crippen molar-refractivity contribution in [2.45, 2.75) is 6.04 Å². The van der Waals surface area contributed by atoms with E-state index in [1.165, 1.54) is 0 Å². The molecule has 14 heavy (non-hydrogen) atoms. The molecule has 1 atom stereocenters. The van der Waals surface area contributed by atoms with Crippen molar-refractivity contribution in [3.8, 4) is 0 Å². The van der Waals surface area contributed by atoms with Crippen LogP contribution in [0.15, 0.2) is 18.2 Å². The van der Waals surface area contributed by atoms with Crippen LogP contribution in [0.3, 0.4) is 0 Å². The quantitative estimate of drug-likeness (QED) is 0.869. The van der Waals surface area contributed by atoms with E-state index in [1.807, 2.05) is 31.1 Å². The molecule has 2 nitrogen and oxygen atoms in total. The Morgan fingerprint density at radius 1 is 1.21 bits per heavy atom. The molecule has 0 radical (unpaired) electrons. The van der Waals surface area contributed by atoms with E-state index in [0.29, 0.717) is 16.6 Å². The first-order chi connectivity index (χ1) is 6.54. The minimum Gasteiger partial charge on any atom is -0.329 e. The molecule has 0 aromatic heterocycles. The zero-order chi connectivity index (χ0) is 10.7. The molecule has 0 unspecified atom stereocenters. The molecule has 0 bridgehead atoms. The summed E-state index contributed by atoms with van der Waals surface area (Å²) in [4.78, 5) is 2.04. The molecule has 78 valence electrons. The molecule has 1 aromatic rings. The van der Waals surface area contributed by atoms with Crippen LogP contribution in [0.5, 0.6) is 0 Å². The lowest BCUT2D eigenvalue weighted by molar-refractivity contribution is 0.306. The number of rotatable bonds is 3. The number of halogens is 2. The number of hydrogen-bond donors (Lipinski definition) is 1. The minimum absolute atomic E-state index is 0.159. The van der Waals surface area contributed by atoms with Gasteiger partial charge in [0.05, 0.1) is 0 Å². The fourth-order valence-corrected chi connectivity index (χ4v) is 1.96. The van der Waals surface area contributed by atoms with Crippen molar-refractivity contribution >= 4 is 23.2 Å². The number of nitrogens with two attached hydrogens (primary N) is 1. The summed E-state index contributed by atoms with van der Waals surface area (Å²) in [5.41, 5.74) is 6.73. The highest BCUT2D eigenvalue weighted by molar-refractivity contribution is 6.34. The maximum atomic E-state index is 5.91. The molecule has 0 aliphatic rings. The standard InChI is InChI=1S/C10H14Cl2N2/c1-14(2)10(6-13)7-3-8(11)5-9(12)4-7/h3-5,10H,6,13H2,1-2H3/t10-/m0/s1. The number of hydrogen-bond acceptors (Lipinski definition) is 2. The van der Waals surface area contributed by atoms with Crippen LogP contribution in [0.25, 0.3) is 0 Å². The zero-order valence-electron chi connectivity index (χ0n) is 8.30. The molecular formula is C10H14Cl2N2. The lowest BCUT2D eigenvalue weighted by Crippen LogP contribution is -2.27. The Balaban J connectivity index is 3.04. The molecule has 1 aromatic carbocycles. The van der Waals surface area contributed by atoms with Crippen LogP contribution >= 0.6 is 23.2 Å². The summed E-state index contributed by atoms with van der Waals surface area (Å²) in [5, 5.41) is 1.29. The van der Waals surface area contributed by atoms with Crippen LogP contribution in [0.2, 0.25) is 10.0 Å². The fourth-order valence-electron chi connectivity index (χ4n) is 1.41. The summed E-state index contributed by atoms with van der Waals surface area (Å²) in [5.74, 6) is 0. The summed E-state index contributed by atoms with van der Waals surface area (Å²) in [6.07, 6.45) is 0. The van der Waals surface area contributed by atoms with Crippen molar-refractivity contribution in [2.24, 2.45) is 5.73 Å². The largest absolute Gasteiger partial charge is 0.329 e. The van der Waals surface area contributed by atoms with Crippen molar-refractivity contribution in [3.63, 3.8) is 0 Å². The molecule has 0 aliphatic carbocycles. The van der Waals surface area contributed by atoms with E-state index in [4.69, 9.17) is 28.9 Å². The summed E-state index contributed by atoms with van der Waals surface area (Å²) in [6.45, 7) is 0.545. The molecule has 1 rings (SSSR count). The summed E-state index contributed by atoms with van der Waals surface area (Å²) < 4.78 is 0. The Morgan fingerprint density at radius 3 is 2.07 bits per heavy atom. The third-order valence-electron chi connectivity index (χ3n) is 2.12. The minimum atomic E-state index is 0.159. The van der Waals surface area contributed by atoms with Crippen LogP contribution in [0.4, 0.5) is 0 Å². The summed E-state index contributed by atoms with van der Waals surface area (Å²) in [6, 6.07) is 5.66. The van der Waals surface area contributed by atoms with Crippen LogP contribution in [-0.4, -0.2) is 25.5 Å². The van der Waals surface area contributed by atoms with Gasteiger partial charge in [-0.05, 0) is 37.9 Å². The van der Waals surface area contributed by atoms with Crippen molar-refractivity contribution in [1.82, 2.24) is 4.90 Å². The highest BCUT2D eigenvalue weighted by Crippen LogP contribution is 2.25. The van der Waals surface area contributed by atoms with E-state index in [0.717, 1.165) is 5.56 Å².